The number of rotatable bonds is 7. The highest BCUT2D eigenvalue weighted by molar-refractivity contribution is 6.01. The number of ether oxygens (including phenoxy) is 1. The van der Waals surface area contributed by atoms with Gasteiger partial charge in [-0.25, -0.2) is 0 Å². The van der Waals surface area contributed by atoms with Gasteiger partial charge in [-0.3, -0.25) is 4.79 Å². The van der Waals surface area contributed by atoms with Crippen molar-refractivity contribution in [1.29, 1.82) is 5.41 Å². The third-order valence-corrected chi connectivity index (χ3v) is 4.78. The first-order valence-corrected chi connectivity index (χ1v) is 9.39. The summed E-state index contributed by atoms with van der Waals surface area (Å²) in [5.41, 5.74) is 1.80. The monoisotopic (exact) mass is 384 g/mol. The fraction of sp³-hybridized carbons (Fsp3) is 0.120. The van der Waals surface area contributed by atoms with Crippen molar-refractivity contribution >= 4 is 35.5 Å². The van der Waals surface area contributed by atoms with Crippen LogP contribution < -0.4 is 20.5 Å². The molecule has 0 aliphatic carbocycles. The van der Waals surface area contributed by atoms with Crippen molar-refractivity contribution in [2.24, 2.45) is 0 Å². The highest BCUT2D eigenvalue weighted by atomic mass is 16.5. The van der Waals surface area contributed by atoms with Crippen LogP contribution in [0.15, 0.2) is 67.3 Å². The smallest absolute Gasteiger partial charge is 0.258 e. The van der Waals surface area contributed by atoms with Crippen LogP contribution in [-0.4, -0.2) is 18.7 Å². The highest BCUT2D eigenvalue weighted by Gasteiger charge is 2.12. The number of hydrogen-bond acceptors (Lipinski definition) is 3. The fourth-order valence-electron chi connectivity index (χ4n) is 3.22. The van der Waals surface area contributed by atoms with E-state index < -0.39 is 0 Å². The Hall–Kier alpha value is -3.66. The van der Waals surface area contributed by atoms with Crippen molar-refractivity contribution in [3.8, 4) is 5.75 Å². The lowest BCUT2D eigenvalue weighted by atomic mass is 10.0. The van der Waals surface area contributed by atoms with Crippen LogP contribution in [0.5, 0.6) is 5.75 Å². The minimum absolute atomic E-state index is 0.0860. The molecule has 0 aliphatic heterocycles. The van der Waals surface area contributed by atoms with E-state index in [2.05, 4.69) is 18.5 Å². The Kier molecular flexibility index (Phi) is 6.25. The molecule has 0 bridgehead atoms. The van der Waals surface area contributed by atoms with Crippen molar-refractivity contribution in [2.45, 2.75) is 13.0 Å². The molecule has 3 rings (SSSR count). The van der Waals surface area contributed by atoms with E-state index in [1.807, 2.05) is 61.5 Å². The predicted octanol–water partition coefficient (Wildman–Crippen LogP) is 3.47. The lowest BCUT2D eigenvalue weighted by molar-refractivity contribution is -0.123. The summed E-state index contributed by atoms with van der Waals surface area (Å²) in [6.07, 6.45) is 4.93. The topological polar surface area (TPSA) is 62.2 Å². The van der Waals surface area contributed by atoms with Gasteiger partial charge in [-0.1, -0.05) is 61.7 Å². The average molecular weight is 384 g/mol. The quantitative estimate of drug-likeness (QED) is 0.613. The van der Waals surface area contributed by atoms with Crippen molar-refractivity contribution in [1.82, 2.24) is 5.32 Å². The molecule has 0 fully saturated rings. The molecule has 3 aromatic rings. The van der Waals surface area contributed by atoms with E-state index in [9.17, 15) is 4.79 Å². The summed E-state index contributed by atoms with van der Waals surface area (Å²) in [6, 6.07) is 17.0. The fourth-order valence-corrected chi connectivity index (χ4v) is 3.22. The number of carbonyl (C=O) groups excluding carboxylic acids is 1. The third-order valence-electron chi connectivity index (χ3n) is 4.78. The number of allylic oxidation sites excluding steroid dienone is 1. The molecule has 29 heavy (non-hydrogen) atoms. The lowest BCUT2D eigenvalue weighted by Crippen LogP contribution is -2.32. The molecule has 3 aromatic carbocycles. The Bertz CT molecular complexity index is 1180. The molecule has 0 aliphatic rings. The molecule has 4 heteroatoms. The van der Waals surface area contributed by atoms with Crippen LogP contribution in [0.3, 0.4) is 0 Å². The van der Waals surface area contributed by atoms with E-state index in [0.717, 1.165) is 32.3 Å². The minimum atomic E-state index is -0.203. The first kappa shape index (κ1) is 20.1. The predicted molar refractivity (Wildman–Crippen MR) is 120 cm³/mol. The van der Waals surface area contributed by atoms with Crippen LogP contribution in [-0.2, 0) is 4.79 Å². The van der Waals surface area contributed by atoms with Gasteiger partial charge in [0.05, 0.1) is 6.04 Å². The molecular weight excluding hydrogens is 360 g/mol. The molecule has 0 heterocycles. The van der Waals surface area contributed by atoms with Crippen molar-refractivity contribution < 1.29 is 9.53 Å². The second-order valence-corrected chi connectivity index (χ2v) is 6.78. The highest BCUT2D eigenvalue weighted by Crippen LogP contribution is 2.27. The SMILES string of the molecule is C=C/C=c1/cc([C@H](C)NC(=O)COc2ccc(C=N)c3ccccc23)ccc1=C. The van der Waals surface area contributed by atoms with E-state index in [-0.39, 0.29) is 18.6 Å². The Morgan fingerprint density at radius 2 is 1.93 bits per heavy atom. The summed E-state index contributed by atoms with van der Waals surface area (Å²) in [6.45, 7) is 9.57. The zero-order valence-corrected chi connectivity index (χ0v) is 16.4. The Morgan fingerprint density at radius 1 is 1.17 bits per heavy atom. The summed E-state index contributed by atoms with van der Waals surface area (Å²) in [7, 11) is 0. The molecule has 1 atom stereocenters. The van der Waals surface area contributed by atoms with Crippen LogP contribution in [0.4, 0.5) is 0 Å². The van der Waals surface area contributed by atoms with Gasteiger partial charge in [0.1, 0.15) is 5.75 Å². The van der Waals surface area contributed by atoms with Gasteiger partial charge in [-0.05, 0) is 46.5 Å². The summed E-state index contributed by atoms with van der Waals surface area (Å²) in [5.74, 6) is 0.420. The molecule has 0 unspecified atom stereocenters. The zero-order chi connectivity index (χ0) is 20.8. The third kappa shape index (κ3) is 4.61. The molecular formula is C25H24N2O2. The molecule has 1 amide bonds. The number of benzene rings is 3. The zero-order valence-electron chi connectivity index (χ0n) is 16.4. The molecule has 0 aromatic heterocycles. The summed E-state index contributed by atoms with van der Waals surface area (Å²) in [5, 5.41) is 14.2. The van der Waals surface area contributed by atoms with Crippen LogP contribution in [0, 0.1) is 5.41 Å². The second-order valence-electron chi connectivity index (χ2n) is 6.78. The number of nitrogens with one attached hydrogen (secondary N) is 2. The summed E-state index contributed by atoms with van der Waals surface area (Å²) < 4.78 is 5.78. The number of hydrogen-bond donors (Lipinski definition) is 2. The van der Waals surface area contributed by atoms with Crippen LogP contribution in [0.1, 0.15) is 24.1 Å². The van der Waals surface area contributed by atoms with Crippen LogP contribution in [0.2, 0.25) is 0 Å². The number of fused-ring (bicyclic) bond motifs is 1. The van der Waals surface area contributed by atoms with E-state index in [4.69, 9.17) is 10.1 Å². The Morgan fingerprint density at radius 3 is 2.66 bits per heavy atom. The van der Waals surface area contributed by atoms with Gasteiger partial charge < -0.3 is 15.5 Å². The normalized spacial score (nSPS) is 12.4. The minimum Gasteiger partial charge on any atom is -0.483 e. The van der Waals surface area contributed by atoms with E-state index in [1.54, 1.807) is 12.1 Å². The largest absolute Gasteiger partial charge is 0.483 e. The summed E-state index contributed by atoms with van der Waals surface area (Å²) >= 11 is 0. The Labute approximate surface area is 170 Å². The summed E-state index contributed by atoms with van der Waals surface area (Å²) in [4.78, 5) is 12.4. The molecule has 4 nitrogen and oxygen atoms in total. The maximum absolute atomic E-state index is 12.4. The van der Waals surface area contributed by atoms with Crippen molar-refractivity contribution in [3.05, 3.63) is 88.8 Å². The molecule has 0 radical (unpaired) electrons. The van der Waals surface area contributed by atoms with Crippen LogP contribution in [0.25, 0.3) is 23.4 Å². The first-order chi connectivity index (χ1) is 14.0. The maximum atomic E-state index is 12.4. The number of carbonyl (C=O) groups is 1. The van der Waals surface area contributed by atoms with Gasteiger partial charge in [0.25, 0.3) is 5.91 Å². The van der Waals surface area contributed by atoms with Gasteiger partial charge in [0.15, 0.2) is 6.61 Å². The molecule has 0 saturated heterocycles. The molecule has 2 N–H and O–H groups in total. The molecule has 0 saturated carbocycles. The van der Waals surface area contributed by atoms with Gasteiger partial charge in [0, 0.05) is 17.2 Å². The van der Waals surface area contributed by atoms with E-state index >= 15 is 0 Å². The number of amides is 1. The standard InChI is InChI=1S/C25H24N2O2/c1-4-7-19-14-20(11-10-17(19)2)18(3)27-25(28)16-29-24-13-12-21(15-26)22-8-5-6-9-23(22)24/h4-15,18,26H,1-2,16H2,3H3,(H,27,28)/b19-7-,26-15?/t18-/m0/s1. The first-order valence-electron chi connectivity index (χ1n) is 9.39. The average Bonchev–Trinajstić information content (AvgIpc) is 2.73. The van der Waals surface area contributed by atoms with E-state index in [0.29, 0.717) is 5.75 Å². The van der Waals surface area contributed by atoms with Gasteiger partial charge in [-0.15, -0.1) is 0 Å². The lowest BCUT2D eigenvalue weighted by Gasteiger charge is -2.16. The van der Waals surface area contributed by atoms with Gasteiger partial charge in [0.2, 0.25) is 0 Å². The Balaban J connectivity index is 1.71. The van der Waals surface area contributed by atoms with Gasteiger partial charge in [-0.2, -0.15) is 0 Å². The van der Waals surface area contributed by atoms with Crippen LogP contribution >= 0.6 is 0 Å². The second kappa shape index (κ2) is 9.02. The molecule has 0 spiro atoms. The maximum Gasteiger partial charge on any atom is 0.258 e. The molecule has 146 valence electrons. The van der Waals surface area contributed by atoms with E-state index in [1.165, 1.54) is 6.21 Å². The van der Waals surface area contributed by atoms with Gasteiger partial charge >= 0.3 is 0 Å². The van der Waals surface area contributed by atoms with Crippen molar-refractivity contribution in [3.63, 3.8) is 0 Å². The van der Waals surface area contributed by atoms with Crippen molar-refractivity contribution in [2.75, 3.05) is 6.61 Å².